The van der Waals surface area contributed by atoms with Gasteiger partial charge in [0.25, 0.3) is 0 Å². The van der Waals surface area contributed by atoms with Crippen molar-refractivity contribution in [3.8, 4) is 11.6 Å². The van der Waals surface area contributed by atoms with Crippen molar-refractivity contribution in [2.75, 3.05) is 5.32 Å². The van der Waals surface area contributed by atoms with Crippen LogP contribution in [0, 0.1) is 12.7 Å². The second kappa shape index (κ2) is 8.32. The first-order valence-electron chi connectivity index (χ1n) is 11.1. The molecule has 1 N–H and O–H groups in total. The molecule has 0 aliphatic carbocycles. The number of hydrogen-bond donors (Lipinski definition) is 1. The van der Waals surface area contributed by atoms with E-state index in [1.807, 2.05) is 37.3 Å². The lowest BCUT2D eigenvalue weighted by molar-refractivity contribution is -0.116. The summed E-state index contributed by atoms with van der Waals surface area (Å²) in [4.78, 5) is 12.7. The van der Waals surface area contributed by atoms with Crippen LogP contribution in [0.4, 0.5) is 10.2 Å². The van der Waals surface area contributed by atoms with E-state index in [1.165, 1.54) is 18.5 Å². The minimum absolute atomic E-state index is 0.111. The predicted octanol–water partition coefficient (Wildman–Crippen LogP) is 3.81. The van der Waals surface area contributed by atoms with E-state index in [-0.39, 0.29) is 30.7 Å². The lowest BCUT2D eigenvalue weighted by atomic mass is 9.86. The first-order valence-corrected chi connectivity index (χ1v) is 11.1. The number of fused-ring (bicyclic) bond motifs is 2. The number of rotatable bonds is 5. The Balaban J connectivity index is 1.34. The van der Waals surface area contributed by atoms with Gasteiger partial charge in [0.05, 0.1) is 5.69 Å². The second-order valence-electron chi connectivity index (χ2n) is 8.38. The SMILES string of the molecule is Cc1nn(-c2ccc3nncn3n2)c2c1C(c1cccc(OCc3cccc(F)c3)c1)CC(=O)N2. The van der Waals surface area contributed by atoms with Crippen molar-refractivity contribution < 1.29 is 13.9 Å². The molecule has 0 radical (unpaired) electrons. The fourth-order valence-electron chi connectivity index (χ4n) is 4.44. The summed E-state index contributed by atoms with van der Waals surface area (Å²) >= 11 is 0. The average molecular weight is 469 g/mol. The van der Waals surface area contributed by atoms with Crippen LogP contribution in [0.3, 0.4) is 0 Å². The summed E-state index contributed by atoms with van der Waals surface area (Å²) in [5.74, 6) is 1.16. The van der Waals surface area contributed by atoms with E-state index in [9.17, 15) is 9.18 Å². The molecule has 9 nitrogen and oxygen atoms in total. The molecule has 1 unspecified atom stereocenters. The highest BCUT2D eigenvalue weighted by Crippen LogP contribution is 2.40. The molecule has 1 aliphatic rings. The third-order valence-corrected chi connectivity index (χ3v) is 6.02. The molecule has 0 saturated carbocycles. The Bertz CT molecular complexity index is 1580. The molecule has 0 bridgehead atoms. The molecule has 5 aromatic rings. The van der Waals surface area contributed by atoms with Crippen LogP contribution < -0.4 is 10.1 Å². The first kappa shape index (κ1) is 21.0. The molecule has 35 heavy (non-hydrogen) atoms. The van der Waals surface area contributed by atoms with Gasteiger partial charge in [0, 0.05) is 17.9 Å². The summed E-state index contributed by atoms with van der Waals surface area (Å²) in [5.41, 5.74) is 4.01. The summed E-state index contributed by atoms with van der Waals surface area (Å²) in [6.45, 7) is 2.16. The van der Waals surface area contributed by atoms with E-state index >= 15 is 0 Å². The maximum absolute atomic E-state index is 13.5. The van der Waals surface area contributed by atoms with E-state index in [0.717, 1.165) is 22.4 Å². The molecule has 0 spiro atoms. The number of ether oxygens (including phenoxy) is 1. The van der Waals surface area contributed by atoms with E-state index in [0.29, 0.717) is 23.0 Å². The number of amides is 1. The van der Waals surface area contributed by atoms with Crippen LogP contribution in [0.5, 0.6) is 5.75 Å². The summed E-state index contributed by atoms with van der Waals surface area (Å²) < 4.78 is 22.6. The van der Waals surface area contributed by atoms with Crippen molar-refractivity contribution in [2.45, 2.75) is 25.9 Å². The minimum atomic E-state index is -0.300. The van der Waals surface area contributed by atoms with Crippen LogP contribution in [0.2, 0.25) is 0 Å². The number of carbonyl (C=O) groups is 1. The van der Waals surface area contributed by atoms with Gasteiger partial charge in [-0.2, -0.15) is 14.3 Å². The van der Waals surface area contributed by atoms with Gasteiger partial charge in [0.2, 0.25) is 5.91 Å². The molecular formula is C25H20FN7O2. The van der Waals surface area contributed by atoms with Crippen molar-refractivity contribution in [1.82, 2.24) is 29.6 Å². The van der Waals surface area contributed by atoms with Gasteiger partial charge in [-0.1, -0.05) is 24.3 Å². The molecule has 6 rings (SSSR count). The monoisotopic (exact) mass is 469 g/mol. The molecule has 1 atom stereocenters. The van der Waals surface area contributed by atoms with Gasteiger partial charge in [-0.25, -0.2) is 4.39 Å². The summed E-state index contributed by atoms with van der Waals surface area (Å²) in [6, 6.07) is 17.5. The standard InChI is InChI=1S/C25H20FN7O2/c1-15-24-20(17-5-3-7-19(11-17)35-13-16-4-2-6-18(26)10-16)12-23(34)28-25(24)33(30-15)22-9-8-21-29-27-14-32(21)31-22/h2-11,14,20H,12-13H2,1H3,(H,28,34). The number of aryl methyl sites for hydroxylation is 1. The highest BCUT2D eigenvalue weighted by atomic mass is 19.1. The topological polar surface area (TPSA) is 99.2 Å². The molecule has 10 heteroatoms. The second-order valence-corrected chi connectivity index (χ2v) is 8.38. The number of anilines is 1. The molecular weight excluding hydrogens is 449 g/mol. The Kier molecular flexibility index (Phi) is 4.98. The maximum atomic E-state index is 13.5. The molecule has 174 valence electrons. The number of hydrogen-bond acceptors (Lipinski definition) is 6. The molecule has 1 amide bonds. The van der Waals surface area contributed by atoms with Gasteiger partial charge in [-0.3, -0.25) is 4.79 Å². The molecule has 1 aliphatic heterocycles. The molecule has 3 aromatic heterocycles. The average Bonchev–Trinajstić information content (AvgIpc) is 3.46. The number of nitrogens with one attached hydrogen (secondary N) is 1. The zero-order chi connectivity index (χ0) is 23.9. The quantitative estimate of drug-likeness (QED) is 0.420. The Morgan fingerprint density at radius 3 is 2.89 bits per heavy atom. The zero-order valence-electron chi connectivity index (χ0n) is 18.7. The van der Waals surface area contributed by atoms with Gasteiger partial charge >= 0.3 is 0 Å². The molecule has 4 heterocycles. The van der Waals surface area contributed by atoms with Crippen molar-refractivity contribution >= 4 is 17.4 Å². The lowest BCUT2D eigenvalue weighted by Gasteiger charge is -2.24. The lowest BCUT2D eigenvalue weighted by Crippen LogP contribution is -2.25. The Labute approximate surface area is 199 Å². The third-order valence-electron chi connectivity index (χ3n) is 6.02. The van der Waals surface area contributed by atoms with Crippen molar-refractivity contribution in [3.05, 3.63) is 95.2 Å². The number of carbonyl (C=O) groups excluding carboxylic acids is 1. The molecule has 2 aromatic carbocycles. The van der Waals surface area contributed by atoms with Crippen LogP contribution in [0.25, 0.3) is 11.5 Å². The van der Waals surface area contributed by atoms with Gasteiger partial charge in [0.1, 0.15) is 30.3 Å². The zero-order valence-corrected chi connectivity index (χ0v) is 18.7. The van der Waals surface area contributed by atoms with Gasteiger partial charge in [0.15, 0.2) is 11.5 Å². The highest BCUT2D eigenvalue weighted by molar-refractivity contribution is 5.95. The van der Waals surface area contributed by atoms with Gasteiger partial charge in [-0.15, -0.1) is 15.3 Å². The van der Waals surface area contributed by atoms with E-state index in [4.69, 9.17) is 4.74 Å². The van der Waals surface area contributed by atoms with Crippen LogP contribution in [0.15, 0.2) is 67.0 Å². The van der Waals surface area contributed by atoms with Crippen molar-refractivity contribution in [2.24, 2.45) is 0 Å². The van der Waals surface area contributed by atoms with E-state index in [1.54, 1.807) is 27.4 Å². The Morgan fingerprint density at radius 2 is 2.00 bits per heavy atom. The Morgan fingerprint density at radius 1 is 1.11 bits per heavy atom. The molecule has 0 saturated heterocycles. The third kappa shape index (κ3) is 3.88. The minimum Gasteiger partial charge on any atom is -0.489 e. The normalized spacial score (nSPS) is 15.1. The smallest absolute Gasteiger partial charge is 0.226 e. The number of aromatic nitrogens is 6. The number of halogens is 1. The van der Waals surface area contributed by atoms with Crippen LogP contribution in [0.1, 0.15) is 34.7 Å². The first-order chi connectivity index (χ1) is 17.0. The number of benzene rings is 2. The fourth-order valence-corrected chi connectivity index (χ4v) is 4.44. The predicted molar refractivity (Wildman–Crippen MR) is 125 cm³/mol. The van der Waals surface area contributed by atoms with Crippen LogP contribution >= 0.6 is 0 Å². The van der Waals surface area contributed by atoms with Gasteiger partial charge < -0.3 is 10.1 Å². The largest absolute Gasteiger partial charge is 0.489 e. The van der Waals surface area contributed by atoms with Gasteiger partial charge in [-0.05, 0) is 54.4 Å². The fraction of sp³-hybridized carbons (Fsp3) is 0.160. The van der Waals surface area contributed by atoms with Crippen molar-refractivity contribution in [3.63, 3.8) is 0 Å². The van der Waals surface area contributed by atoms with E-state index in [2.05, 4.69) is 25.7 Å². The number of nitrogens with zero attached hydrogens (tertiary/aromatic N) is 6. The highest BCUT2D eigenvalue weighted by Gasteiger charge is 2.33. The Hall–Kier alpha value is -4.60. The molecule has 0 fully saturated rings. The van der Waals surface area contributed by atoms with E-state index < -0.39 is 0 Å². The summed E-state index contributed by atoms with van der Waals surface area (Å²) in [5, 5.41) is 20.0. The van der Waals surface area contributed by atoms with Crippen molar-refractivity contribution in [1.29, 1.82) is 0 Å². The summed E-state index contributed by atoms with van der Waals surface area (Å²) in [6.07, 6.45) is 1.79. The van der Waals surface area contributed by atoms with Crippen LogP contribution in [-0.2, 0) is 11.4 Å². The van der Waals surface area contributed by atoms with Crippen LogP contribution in [-0.4, -0.2) is 35.5 Å². The maximum Gasteiger partial charge on any atom is 0.226 e. The summed E-state index contributed by atoms with van der Waals surface area (Å²) in [7, 11) is 0.